The molecule has 0 spiro atoms. The van der Waals surface area contributed by atoms with Crippen molar-refractivity contribution in [1.29, 1.82) is 0 Å². The Hall–Kier alpha value is -2.99. The molecular weight excluding hydrogens is 350 g/mol. The number of hydrogen-bond donors (Lipinski definition) is 1. The molecule has 1 aliphatic heterocycles. The first-order valence-electron chi connectivity index (χ1n) is 8.26. The minimum Gasteiger partial charge on any atom is -0.353 e. The number of nitrogens with one attached hydrogen (secondary N) is 1. The van der Waals surface area contributed by atoms with Crippen LogP contribution in [0.1, 0.15) is 0 Å². The third-order valence-corrected chi connectivity index (χ3v) is 4.39. The van der Waals surface area contributed by atoms with Gasteiger partial charge in [-0.15, -0.1) is 0 Å². The molecular formula is C19H16ClN5O. The number of amides is 1. The SMILES string of the molecule is O=C1CN(c2cc(-c3ccc(Cl)cc3)nc(-c3cccnc3)n2)CCN1. The Kier molecular flexibility index (Phi) is 4.50. The van der Waals surface area contributed by atoms with Crippen molar-refractivity contribution in [1.82, 2.24) is 20.3 Å². The number of carbonyl (C=O) groups excluding carboxylic acids is 1. The molecule has 0 atom stereocenters. The summed E-state index contributed by atoms with van der Waals surface area (Å²) in [5.74, 6) is 1.29. The maximum Gasteiger partial charge on any atom is 0.239 e. The Labute approximate surface area is 155 Å². The maximum atomic E-state index is 11.8. The van der Waals surface area contributed by atoms with Gasteiger partial charge in [0.2, 0.25) is 5.91 Å². The Morgan fingerprint density at radius 3 is 2.65 bits per heavy atom. The summed E-state index contributed by atoms with van der Waals surface area (Å²) in [6, 6.07) is 13.2. The number of hydrogen-bond acceptors (Lipinski definition) is 5. The normalized spacial score (nSPS) is 14.2. The number of pyridine rings is 1. The number of benzene rings is 1. The summed E-state index contributed by atoms with van der Waals surface area (Å²) in [7, 11) is 0. The summed E-state index contributed by atoms with van der Waals surface area (Å²) in [4.78, 5) is 27.3. The van der Waals surface area contributed by atoms with Crippen LogP contribution in [0.5, 0.6) is 0 Å². The number of anilines is 1. The van der Waals surface area contributed by atoms with Gasteiger partial charge in [0.15, 0.2) is 5.82 Å². The molecule has 0 radical (unpaired) electrons. The van der Waals surface area contributed by atoms with Gasteiger partial charge in [-0.25, -0.2) is 9.97 Å². The highest BCUT2D eigenvalue weighted by molar-refractivity contribution is 6.30. The molecule has 7 heteroatoms. The molecule has 0 saturated carbocycles. The fraction of sp³-hybridized carbons (Fsp3) is 0.158. The molecule has 0 bridgehead atoms. The lowest BCUT2D eigenvalue weighted by Crippen LogP contribution is -2.48. The van der Waals surface area contributed by atoms with Gasteiger partial charge in [0, 0.05) is 47.7 Å². The van der Waals surface area contributed by atoms with Crippen molar-refractivity contribution in [2.24, 2.45) is 0 Å². The third-order valence-electron chi connectivity index (χ3n) is 4.13. The van der Waals surface area contributed by atoms with E-state index < -0.39 is 0 Å². The van der Waals surface area contributed by atoms with Crippen LogP contribution in [-0.2, 0) is 4.79 Å². The zero-order valence-corrected chi connectivity index (χ0v) is 14.6. The smallest absolute Gasteiger partial charge is 0.239 e. The Morgan fingerprint density at radius 2 is 1.92 bits per heavy atom. The molecule has 3 aromatic rings. The average molecular weight is 366 g/mol. The number of halogens is 1. The van der Waals surface area contributed by atoms with Crippen LogP contribution < -0.4 is 10.2 Å². The second kappa shape index (κ2) is 7.09. The zero-order valence-electron chi connectivity index (χ0n) is 13.9. The molecule has 4 rings (SSSR count). The lowest BCUT2D eigenvalue weighted by atomic mass is 10.1. The summed E-state index contributed by atoms with van der Waals surface area (Å²) in [5.41, 5.74) is 2.53. The van der Waals surface area contributed by atoms with Gasteiger partial charge in [-0.1, -0.05) is 23.7 Å². The van der Waals surface area contributed by atoms with Crippen molar-refractivity contribution in [3.05, 3.63) is 59.9 Å². The van der Waals surface area contributed by atoms with E-state index in [1.165, 1.54) is 0 Å². The van der Waals surface area contributed by atoms with Gasteiger partial charge in [0.25, 0.3) is 0 Å². The van der Waals surface area contributed by atoms with Crippen LogP contribution in [0.4, 0.5) is 5.82 Å². The summed E-state index contributed by atoms with van der Waals surface area (Å²) in [6.07, 6.45) is 3.44. The summed E-state index contributed by atoms with van der Waals surface area (Å²) in [6.45, 7) is 1.58. The van der Waals surface area contributed by atoms with Crippen molar-refractivity contribution in [3.8, 4) is 22.6 Å². The standard InChI is InChI=1S/C19H16ClN5O/c20-15-5-3-13(4-6-15)16-10-17(25-9-8-22-18(26)12-25)24-19(23-16)14-2-1-7-21-11-14/h1-7,10-11H,8-9,12H2,(H,22,26). The second-order valence-electron chi connectivity index (χ2n) is 5.96. The summed E-state index contributed by atoms with van der Waals surface area (Å²) in [5, 5.41) is 3.50. The molecule has 2 aromatic heterocycles. The van der Waals surface area contributed by atoms with E-state index in [0.29, 0.717) is 23.9 Å². The van der Waals surface area contributed by atoms with Gasteiger partial charge in [0.1, 0.15) is 5.82 Å². The van der Waals surface area contributed by atoms with Gasteiger partial charge in [-0.2, -0.15) is 0 Å². The van der Waals surface area contributed by atoms with E-state index in [0.717, 1.165) is 22.6 Å². The van der Waals surface area contributed by atoms with Gasteiger partial charge >= 0.3 is 0 Å². The number of rotatable bonds is 3. The summed E-state index contributed by atoms with van der Waals surface area (Å²) < 4.78 is 0. The van der Waals surface area contributed by atoms with E-state index in [4.69, 9.17) is 16.6 Å². The average Bonchev–Trinajstić information content (AvgIpc) is 2.69. The number of piperazine rings is 1. The molecule has 3 heterocycles. The quantitative estimate of drug-likeness (QED) is 0.772. The molecule has 1 aromatic carbocycles. The van der Waals surface area contributed by atoms with E-state index in [-0.39, 0.29) is 12.5 Å². The van der Waals surface area contributed by atoms with Crippen LogP contribution in [0.2, 0.25) is 5.02 Å². The van der Waals surface area contributed by atoms with E-state index in [1.807, 2.05) is 47.4 Å². The molecule has 26 heavy (non-hydrogen) atoms. The first-order valence-corrected chi connectivity index (χ1v) is 8.64. The molecule has 0 aliphatic carbocycles. The highest BCUT2D eigenvalue weighted by Crippen LogP contribution is 2.27. The van der Waals surface area contributed by atoms with Crippen molar-refractivity contribution in [2.45, 2.75) is 0 Å². The van der Waals surface area contributed by atoms with E-state index in [2.05, 4.69) is 15.3 Å². The number of aromatic nitrogens is 3. The van der Waals surface area contributed by atoms with Crippen LogP contribution in [0.3, 0.4) is 0 Å². The van der Waals surface area contributed by atoms with Crippen LogP contribution in [-0.4, -0.2) is 40.5 Å². The predicted octanol–water partition coefficient (Wildman–Crippen LogP) is 2.80. The minimum absolute atomic E-state index is 0.00849. The molecule has 1 amide bonds. The predicted molar refractivity (Wildman–Crippen MR) is 101 cm³/mol. The monoisotopic (exact) mass is 365 g/mol. The number of nitrogens with zero attached hydrogens (tertiary/aromatic N) is 4. The minimum atomic E-state index is -0.00849. The topological polar surface area (TPSA) is 71.0 Å². The fourth-order valence-corrected chi connectivity index (χ4v) is 2.95. The molecule has 130 valence electrons. The Bertz CT molecular complexity index is 930. The molecule has 1 aliphatic rings. The van der Waals surface area contributed by atoms with E-state index >= 15 is 0 Å². The highest BCUT2D eigenvalue weighted by atomic mass is 35.5. The molecule has 1 fully saturated rings. The highest BCUT2D eigenvalue weighted by Gasteiger charge is 2.19. The van der Waals surface area contributed by atoms with E-state index in [1.54, 1.807) is 12.4 Å². The fourth-order valence-electron chi connectivity index (χ4n) is 2.82. The third kappa shape index (κ3) is 3.50. The molecule has 0 unspecified atom stereocenters. The van der Waals surface area contributed by atoms with E-state index in [9.17, 15) is 4.79 Å². The van der Waals surface area contributed by atoms with Crippen molar-refractivity contribution < 1.29 is 4.79 Å². The molecule has 1 N–H and O–H groups in total. The lowest BCUT2D eigenvalue weighted by molar-refractivity contribution is -0.120. The van der Waals surface area contributed by atoms with Crippen LogP contribution in [0.25, 0.3) is 22.6 Å². The zero-order chi connectivity index (χ0) is 17.9. The largest absolute Gasteiger partial charge is 0.353 e. The van der Waals surface area contributed by atoms with Crippen molar-refractivity contribution >= 4 is 23.3 Å². The van der Waals surface area contributed by atoms with Gasteiger partial charge in [-0.3, -0.25) is 9.78 Å². The van der Waals surface area contributed by atoms with Crippen LogP contribution in [0, 0.1) is 0 Å². The molecule has 6 nitrogen and oxygen atoms in total. The lowest BCUT2D eigenvalue weighted by Gasteiger charge is -2.28. The van der Waals surface area contributed by atoms with Crippen molar-refractivity contribution in [3.63, 3.8) is 0 Å². The van der Waals surface area contributed by atoms with Gasteiger partial charge in [-0.05, 0) is 24.3 Å². The van der Waals surface area contributed by atoms with Gasteiger partial charge < -0.3 is 10.2 Å². The maximum absolute atomic E-state index is 11.8. The Balaban J connectivity index is 1.81. The first kappa shape index (κ1) is 16.5. The van der Waals surface area contributed by atoms with Crippen LogP contribution in [0.15, 0.2) is 54.9 Å². The van der Waals surface area contributed by atoms with Gasteiger partial charge in [0.05, 0.1) is 12.2 Å². The van der Waals surface area contributed by atoms with Crippen molar-refractivity contribution in [2.75, 3.05) is 24.5 Å². The number of carbonyl (C=O) groups is 1. The molecule has 1 saturated heterocycles. The first-order chi connectivity index (χ1) is 12.7. The second-order valence-corrected chi connectivity index (χ2v) is 6.39. The Morgan fingerprint density at radius 1 is 1.08 bits per heavy atom. The summed E-state index contributed by atoms with van der Waals surface area (Å²) >= 11 is 6.00. The van der Waals surface area contributed by atoms with Crippen LogP contribution >= 0.6 is 11.6 Å².